The molecular formula is C18H23N3O5S2. The van der Waals surface area contributed by atoms with Gasteiger partial charge in [-0.05, 0) is 49.9 Å². The predicted molar refractivity (Wildman–Crippen MR) is 107 cm³/mol. The second-order valence-electron chi connectivity index (χ2n) is 6.50. The molecule has 0 aliphatic heterocycles. The van der Waals surface area contributed by atoms with Crippen LogP contribution in [0.4, 0.5) is 10.8 Å². The minimum Gasteiger partial charge on any atom is -0.588 e. The first-order valence-electron chi connectivity index (χ1n) is 8.92. The van der Waals surface area contributed by atoms with Gasteiger partial charge in [0.05, 0.1) is 6.10 Å². The number of nitrogens with one attached hydrogen (secondary N) is 2. The number of hydrogen-bond acceptors (Lipinski definition) is 7. The van der Waals surface area contributed by atoms with Crippen LogP contribution in [0.25, 0.3) is 0 Å². The molecule has 1 saturated carbocycles. The van der Waals surface area contributed by atoms with Crippen molar-refractivity contribution in [3.05, 3.63) is 35.8 Å². The monoisotopic (exact) mass is 425 g/mol. The third kappa shape index (κ3) is 5.58. The van der Waals surface area contributed by atoms with Crippen molar-refractivity contribution in [1.29, 1.82) is 0 Å². The zero-order chi connectivity index (χ0) is 20.0. The van der Waals surface area contributed by atoms with Gasteiger partial charge in [0, 0.05) is 30.3 Å². The van der Waals surface area contributed by atoms with Gasteiger partial charge in [-0.15, -0.1) is 11.3 Å². The van der Waals surface area contributed by atoms with Crippen molar-refractivity contribution in [3.63, 3.8) is 0 Å². The highest BCUT2D eigenvalue weighted by atomic mass is 32.3. The van der Waals surface area contributed by atoms with E-state index < -0.39 is 10.4 Å². The average Bonchev–Trinajstić information content (AvgIpc) is 3.19. The molecule has 3 rings (SSSR count). The van der Waals surface area contributed by atoms with E-state index in [9.17, 15) is 13.6 Å². The molecule has 0 saturated heterocycles. The Hall–Kier alpha value is -1.85. The lowest BCUT2D eigenvalue weighted by atomic mass is 9.87. The highest BCUT2D eigenvalue weighted by Crippen LogP contribution is 2.28. The Morgan fingerprint density at radius 3 is 2.61 bits per heavy atom. The van der Waals surface area contributed by atoms with Crippen LogP contribution in [0.3, 0.4) is 0 Å². The molecule has 2 N–H and O–H groups in total. The molecule has 1 aromatic carbocycles. The molecule has 1 aliphatic carbocycles. The molecule has 1 unspecified atom stereocenters. The SMILES string of the molecule is COCOC1CCC(C(=O)Nc2ccc([S+](=O)([O-])Nc3nccs3)cc2)CC1. The van der Waals surface area contributed by atoms with Gasteiger partial charge in [-0.25, -0.2) is 4.98 Å². The molecule has 0 bridgehead atoms. The number of anilines is 2. The lowest BCUT2D eigenvalue weighted by molar-refractivity contribution is -0.123. The molecule has 8 nitrogen and oxygen atoms in total. The number of methoxy groups -OCH3 is 1. The first-order chi connectivity index (χ1) is 13.5. The number of rotatable bonds is 8. The number of sulfonamides is 1. The van der Waals surface area contributed by atoms with E-state index >= 15 is 0 Å². The summed E-state index contributed by atoms with van der Waals surface area (Å²) in [6.07, 6.45) is 4.81. The van der Waals surface area contributed by atoms with Crippen molar-refractivity contribution in [2.24, 2.45) is 5.92 Å². The number of aromatic nitrogens is 1. The summed E-state index contributed by atoms with van der Waals surface area (Å²) in [4.78, 5) is 16.5. The van der Waals surface area contributed by atoms with Crippen molar-refractivity contribution in [3.8, 4) is 0 Å². The second-order valence-corrected chi connectivity index (χ2v) is 9.08. The number of benzene rings is 1. The first kappa shape index (κ1) is 20.9. The van der Waals surface area contributed by atoms with Gasteiger partial charge in [-0.2, -0.15) is 4.72 Å². The van der Waals surface area contributed by atoms with Crippen LogP contribution in [-0.4, -0.2) is 35.5 Å². The summed E-state index contributed by atoms with van der Waals surface area (Å²) < 4.78 is 37.5. The highest BCUT2D eigenvalue weighted by Gasteiger charge is 2.27. The zero-order valence-corrected chi connectivity index (χ0v) is 17.1. The largest absolute Gasteiger partial charge is 0.588 e. The van der Waals surface area contributed by atoms with E-state index in [1.807, 2.05) is 0 Å². The Morgan fingerprint density at radius 2 is 2.00 bits per heavy atom. The number of carbonyl (C=O) groups excluding carboxylic acids is 1. The normalized spacial score (nSPS) is 21.6. The maximum atomic E-state index is 12.5. The van der Waals surface area contributed by atoms with Gasteiger partial charge in [-0.3, -0.25) is 4.79 Å². The number of amides is 1. The van der Waals surface area contributed by atoms with Gasteiger partial charge in [0.1, 0.15) is 6.79 Å². The summed E-state index contributed by atoms with van der Waals surface area (Å²) in [5.74, 6) is -0.126. The Morgan fingerprint density at radius 1 is 1.29 bits per heavy atom. The summed E-state index contributed by atoms with van der Waals surface area (Å²) in [5.41, 5.74) is 0.566. The van der Waals surface area contributed by atoms with Crippen LogP contribution in [0.1, 0.15) is 25.7 Å². The first-order valence-corrected chi connectivity index (χ1v) is 11.3. The Bertz CT molecular complexity index is 805. The number of carbonyl (C=O) groups is 1. The van der Waals surface area contributed by atoms with E-state index in [1.165, 1.54) is 29.7 Å². The molecule has 2 aromatic rings. The third-order valence-electron chi connectivity index (χ3n) is 4.55. The molecule has 10 heteroatoms. The number of hydrogen-bond donors (Lipinski definition) is 2. The van der Waals surface area contributed by atoms with E-state index in [0.717, 1.165) is 25.7 Å². The molecule has 1 heterocycles. The van der Waals surface area contributed by atoms with Crippen LogP contribution < -0.4 is 10.0 Å². The molecule has 1 aromatic heterocycles. The van der Waals surface area contributed by atoms with Crippen LogP contribution in [0, 0.1) is 5.92 Å². The Kier molecular flexibility index (Phi) is 7.13. The predicted octanol–water partition coefficient (Wildman–Crippen LogP) is 3.28. The van der Waals surface area contributed by atoms with Crippen molar-refractivity contribution in [2.45, 2.75) is 36.7 Å². The molecular weight excluding hydrogens is 402 g/mol. The van der Waals surface area contributed by atoms with Gasteiger partial charge < -0.3 is 19.3 Å². The zero-order valence-electron chi connectivity index (χ0n) is 15.5. The Labute approximate surface area is 169 Å². The smallest absolute Gasteiger partial charge is 0.227 e. The average molecular weight is 426 g/mol. The molecule has 152 valence electrons. The van der Waals surface area contributed by atoms with E-state index in [4.69, 9.17) is 9.47 Å². The van der Waals surface area contributed by atoms with E-state index in [2.05, 4.69) is 15.0 Å². The van der Waals surface area contributed by atoms with E-state index in [-0.39, 0.29) is 29.6 Å². The molecule has 1 aliphatic rings. The summed E-state index contributed by atoms with van der Waals surface area (Å²) in [6.45, 7) is 0.272. The summed E-state index contributed by atoms with van der Waals surface area (Å²) in [6, 6.07) is 6.09. The standard InChI is InChI=1S/C18H23N3O5S2/c1-25-12-26-15-6-2-13(3-7-15)17(22)20-14-4-8-16(9-5-14)28(23,24)21-18-19-10-11-27-18/h4-5,8-11,13,15H,2-3,6-7,12H2,1H3,(H2-,19,20,21,22,23,24). The van der Waals surface area contributed by atoms with Crippen molar-refractivity contribution >= 4 is 38.5 Å². The molecule has 0 radical (unpaired) electrons. The number of nitrogens with zero attached hydrogens (tertiary/aromatic N) is 1. The number of ether oxygens (including phenoxy) is 2. The lowest BCUT2D eigenvalue weighted by Gasteiger charge is -2.27. The second kappa shape index (κ2) is 9.57. The van der Waals surface area contributed by atoms with Crippen molar-refractivity contribution < 1.29 is 23.0 Å². The van der Waals surface area contributed by atoms with Gasteiger partial charge in [0.15, 0.2) is 15.3 Å². The fourth-order valence-corrected chi connectivity index (χ4v) is 4.85. The van der Waals surface area contributed by atoms with E-state index in [1.54, 1.807) is 24.6 Å². The van der Waals surface area contributed by atoms with Crippen molar-refractivity contribution in [1.82, 2.24) is 4.98 Å². The Balaban J connectivity index is 1.53. The lowest BCUT2D eigenvalue weighted by Crippen LogP contribution is -2.30. The third-order valence-corrected chi connectivity index (χ3v) is 6.73. The highest BCUT2D eigenvalue weighted by molar-refractivity contribution is 7.99. The maximum Gasteiger partial charge on any atom is 0.227 e. The van der Waals surface area contributed by atoms with Crippen LogP contribution in [-0.2, 0) is 28.9 Å². The van der Waals surface area contributed by atoms with Crippen LogP contribution in [0.5, 0.6) is 0 Å². The van der Waals surface area contributed by atoms with Crippen LogP contribution in [0.2, 0.25) is 0 Å². The van der Waals surface area contributed by atoms with Gasteiger partial charge in [-0.1, -0.05) is 4.21 Å². The molecule has 1 fully saturated rings. The molecule has 0 spiro atoms. The minimum atomic E-state index is -3.70. The summed E-state index contributed by atoms with van der Waals surface area (Å²) in [7, 11) is -2.11. The quantitative estimate of drug-likeness (QED) is 0.496. The van der Waals surface area contributed by atoms with Crippen LogP contribution >= 0.6 is 11.3 Å². The topological polar surface area (TPSA) is 113 Å². The summed E-state index contributed by atoms with van der Waals surface area (Å²) in [5, 5.41) is 4.86. The van der Waals surface area contributed by atoms with Crippen molar-refractivity contribution in [2.75, 3.05) is 23.9 Å². The number of thiazole rings is 1. The van der Waals surface area contributed by atoms with Crippen LogP contribution in [0.15, 0.2) is 40.7 Å². The van der Waals surface area contributed by atoms with Gasteiger partial charge in [0.2, 0.25) is 11.0 Å². The van der Waals surface area contributed by atoms with Gasteiger partial charge in [0.25, 0.3) is 0 Å². The molecule has 1 amide bonds. The molecule has 1 atom stereocenters. The van der Waals surface area contributed by atoms with Gasteiger partial charge >= 0.3 is 0 Å². The fraction of sp³-hybridized carbons (Fsp3) is 0.444. The van der Waals surface area contributed by atoms with E-state index in [0.29, 0.717) is 10.8 Å². The summed E-state index contributed by atoms with van der Waals surface area (Å²) >= 11 is 1.20. The minimum absolute atomic E-state index is 0.0540. The fourth-order valence-electron chi connectivity index (χ4n) is 3.07. The molecule has 28 heavy (non-hydrogen) atoms. The maximum absolute atomic E-state index is 12.5.